The quantitative estimate of drug-likeness (QED) is 0.710. The van der Waals surface area contributed by atoms with Gasteiger partial charge in [0.1, 0.15) is 5.75 Å². The van der Waals surface area contributed by atoms with Gasteiger partial charge < -0.3 is 9.64 Å². The van der Waals surface area contributed by atoms with E-state index >= 15 is 0 Å². The monoisotopic (exact) mass is 361 g/mol. The third kappa shape index (κ3) is 4.08. The zero-order valence-corrected chi connectivity index (χ0v) is 14.7. The lowest BCUT2D eigenvalue weighted by Crippen LogP contribution is -2.40. The molecule has 1 amide bonds. The van der Waals surface area contributed by atoms with E-state index in [0.717, 1.165) is 18.5 Å². The fraction of sp³-hybridized carbons (Fsp3) is 0.250. The summed E-state index contributed by atoms with van der Waals surface area (Å²) in [5.74, 6) is 1.35. The Kier molecular flexibility index (Phi) is 5.00. The Bertz CT molecular complexity index is 905. The van der Waals surface area contributed by atoms with E-state index in [9.17, 15) is 4.79 Å². The third-order valence-electron chi connectivity index (χ3n) is 4.48. The number of rotatable bonds is 4. The number of hydrogen-bond acceptors (Lipinski definition) is 6. The third-order valence-corrected chi connectivity index (χ3v) is 4.48. The van der Waals surface area contributed by atoms with E-state index in [4.69, 9.17) is 4.74 Å². The van der Waals surface area contributed by atoms with Gasteiger partial charge in [0.05, 0.1) is 11.9 Å². The van der Waals surface area contributed by atoms with Crippen molar-refractivity contribution in [3.8, 4) is 11.6 Å². The predicted molar refractivity (Wildman–Crippen MR) is 98.5 cm³/mol. The first-order valence-electron chi connectivity index (χ1n) is 8.91. The second kappa shape index (κ2) is 7.90. The zero-order chi connectivity index (χ0) is 18.5. The molecule has 0 bridgehead atoms. The Morgan fingerprint density at radius 3 is 2.70 bits per heavy atom. The van der Waals surface area contributed by atoms with Crippen molar-refractivity contribution in [2.75, 3.05) is 13.1 Å². The van der Waals surface area contributed by atoms with Crippen LogP contribution in [0.4, 0.5) is 0 Å². The van der Waals surface area contributed by atoms with Crippen molar-refractivity contribution in [3.63, 3.8) is 0 Å². The minimum absolute atomic E-state index is 0.109. The normalized spacial score (nSPS) is 16.7. The molecule has 3 aromatic rings. The maximum absolute atomic E-state index is 12.6. The lowest BCUT2D eigenvalue weighted by Gasteiger charge is -2.31. The molecule has 3 heterocycles. The van der Waals surface area contributed by atoms with E-state index < -0.39 is 0 Å². The van der Waals surface area contributed by atoms with Gasteiger partial charge in [-0.15, -0.1) is 0 Å². The van der Waals surface area contributed by atoms with Crippen LogP contribution >= 0.6 is 0 Å². The molecule has 7 nitrogen and oxygen atoms in total. The van der Waals surface area contributed by atoms with Crippen molar-refractivity contribution in [3.05, 3.63) is 72.7 Å². The molecule has 0 N–H and O–H groups in total. The van der Waals surface area contributed by atoms with Crippen molar-refractivity contribution < 1.29 is 9.53 Å². The average Bonchev–Trinajstić information content (AvgIpc) is 2.75. The molecule has 27 heavy (non-hydrogen) atoms. The first-order chi connectivity index (χ1) is 13.3. The number of likely N-dealkylation sites (tertiary alicyclic amines) is 1. The summed E-state index contributed by atoms with van der Waals surface area (Å²) in [6.07, 6.45) is 8.35. The lowest BCUT2D eigenvalue weighted by atomic mass is 9.95. The van der Waals surface area contributed by atoms with E-state index in [1.807, 2.05) is 30.3 Å². The molecule has 4 rings (SSSR count). The summed E-state index contributed by atoms with van der Waals surface area (Å²) in [5, 5.41) is 0. The van der Waals surface area contributed by atoms with Gasteiger partial charge in [-0.25, -0.2) is 15.0 Å². The molecular weight excluding hydrogens is 342 g/mol. The van der Waals surface area contributed by atoms with Crippen LogP contribution in [0.2, 0.25) is 0 Å². The molecule has 0 unspecified atom stereocenters. The van der Waals surface area contributed by atoms with Crippen molar-refractivity contribution in [2.24, 2.45) is 0 Å². The van der Waals surface area contributed by atoms with Crippen LogP contribution in [0, 0.1) is 0 Å². The second-order valence-electron chi connectivity index (χ2n) is 6.36. The number of amides is 1. The van der Waals surface area contributed by atoms with E-state index in [1.54, 1.807) is 35.8 Å². The van der Waals surface area contributed by atoms with Crippen LogP contribution in [-0.4, -0.2) is 43.8 Å². The molecule has 0 radical (unpaired) electrons. The number of aromatic nitrogens is 4. The Morgan fingerprint density at radius 1 is 1.07 bits per heavy atom. The fourth-order valence-corrected chi connectivity index (χ4v) is 3.17. The fourth-order valence-electron chi connectivity index (χ4n) is 3.17. The molecule has 1 fully saturated rings. The highest BCUT2D eigenvalue weighted by Crippen LogP contribution is 2.27. The molecular formula is C20H19N5O2. The van der Waals surface area contributed by atoms with E-state index in [-0.39, 0.29) is 17.6 Å². The van der Waals surface area contributed by atoms with Gasteiger partial charge in [-0.05, 0) is 31.0 Å². The topological polar surface area (TPSA) is 81.1 Å². The molecule has 1 aromatic carbocycles. The molecule has 1 atom stereocenters. The maximum atomic E-state index is 12.6. The van der Waals surface area contributed by atoms with E-state index in [0.29, 0.717) is 24.7 Å². The highest BCUT2D eigenvalue weighted by atomic mass is 16.5. The van der Waals surface area contributed by atoms with Gasteiger partial charge >= 0.3 is 0 Å². The molecule has 0 aliphatic carbocycles. The zero-order valence-electron chi connectivity index (χ0n) is 14.7. The number of nitrogens with zero attached hydrogens (tertiary/aromatic N) is 5. The van der Waals surface area contributed by atoms with Crippen molar-refractivity contribution in [1.82, 2.24) is 24.8 Å². The van der Waals surface area contributed by atoms with Crippen molar-refractivity contribution in [2.45, 2.75) is 18.8 Å². The largest absolute Gasteiger partial charge is 0.437 e. The highest BCUT2D eigenvalue weighted by molar-refractivity contribution is 5.90. The van der Waals surface area contributed by atoms with Crippen LogP contribution in [0.15, 0.2) is 61.2 Å². The van der Waals surface area contributed by atoms with Gasteiger partial charge in [-0.3, -0.25) is 9.78 Å². The Labute approximate surface area is 157 Å². The number of benzene rings is 1. The van der Waals surface area contributed by atoms with Crippen LogP contribution in [-0.2, 0) is 0 Å². The Balaban J connectivity index is 1.48. The number of carbonyl (C=O) groups is 1. The Hall–Kier alpha value is -3.35. The van der Waals surface area contributed by atoms with Crippen LogP contribution < -0.4 is 4.74 Å². The number of para-hydroxylation sites is 1. The molecule has 7 heteroatoms. The SMILES string of the molecule is O=C(c1ncccn1)N1CCC[C@@H](c2cncc(Oc3ccccc3)n2)C1. The van der Waals surface area contributed by atoms with Crippen molar-refractivity contribution in [1.29, 1.82) is 0 Å². The minimum atomic E-state index is -0.148. The summed E-state index contributed by atoms with van der Waals surface area (Å²) in [6.45, 7) is 1.27. The smallest absolute Gasteiger partial charge is 0.291 e. The van der Waals surface area contributed by atoms with Gasteiger partial charge in [0.2, 0.25) is 11.7 Å². The van der Waals surface area contributed by atoms with E-state index in [1.165, 1.54) is 0 Å². The molecule has 1 aliphatic rings. The Morgan fingerprint density at radius 2 is 1.89 bits per heavy atom. The van der Waals surface area contributed by atoms with Gasteiger partial charge in [-0.1, -0.05) is 18.2 Å². The number of piperidine rings is 1. The van der Waals surface area contributed by atoms with Crippen LogP contribution in [0.1, 0.15) is 35.1 Å². The summed E-state index contributed by atoms with van der Waals surface area (Å²) in [6, 6.07) is 11.2. The first kappa shape index (κ1) is 17.1. The van der Waals surface area contributed by atoms with Gasteiger partial charge in [0.15, 0.2) is 0 Å². The summed E-state index contributed by atoms with van der Waals surface area (Å²) in [7, 11) is 0. The number of ether oxygens (including phenoxy) is 1. The summed E-state index contributed by atoms with van der Waals surface area (Å²) < 4.78 is 5.78. The lowest BCUT2D eigenvalue weighted by molar-refractivity contribution is 0.0693. The standard InChI is InChI=1S/C20H19N5O2/c26-20(19-22-9-5-10-23-19)25-11-4-6-15(14-25)17-12-21-13-18(24-17)27-16-7-2-1-3-8-16/h1-3,5,7-10,12-13,15H,4,6,11,14H2/t15-/m1/s1. The first-order valence-corrected chi connectivity index (χ1v) is 8.91. The maximum Gasteiger partial charge on any atom is 0.291 e. The van der Waals surface area contributed by atoms with Gasteiger partial charge in [0, 0.05) is 37.6 Å². The molecule has 136 valence electrons. The molecule has 2 aromatic heterocycles. The van der Waals surface area contributed by atoms with Gasteiger partial charge in [-0.2, -0.15) is 0 Å². The molecule has 1 aliphatic heterocycles. The molecule has 0 spiro atoms. The van der Waals surface area contributed by atoms with Crippen LogP contribution in [0.25, 0.3) is 0 Å². The highest BCUT2D eigenvalue weighted by Gasteiger charge is 2.28. The molecule has 1 saturated heterocycles. The summed E-state index contributed by atoms with van der Waals surface area (Å²) in [5.41, 5.74) is 0.829. The number of carbonyl (C=O) groups excluding carboxylic acids is 1. The predicted octanol–water partition coefficient (Wildman–Crippen LogP) is 3.08. The summed E-state index contributed by atoms with van der Waals surface area (Å²) in [4.78, 5) is 31.4. The number of hydrogen-bond donors (Lipinski definition) is 0. The second-order valence-corrected chi connectivity index (χ2v) is 6.36. The van der Waals surface area contributed by atoms with Crippen LogP contribution in [0.5, 0.6) is 11.6 Å². The minimum Gasteiger partial charge on any atom is -0.437 e. The summed E-state index contributed by atoms with van der Waals surface area (Å²) >= 11 is 0. The van der Waals surface area contributed by atoms with Crippen LogP contribution in [0.3, 0.4) is 0 Å². The van der Waals surface area contributed by atoms with E-state index in [2.05, 4.69) is 19.9 Å². The average molecular weight is 361 g/mol. The van der Waals surface area contributed by atoms with Crippen molar-refractivity contribution >= 4 is 5.91 Å². The molecule has 0 saturated carbocycles. The van der Waals surface area contributed by atoms with Gasteiger partial charge in [0.25, 0.3) is 5.91 Å².